The van der Waals surface area contributed by atoms with Crippen LogP contribution in [-0.2, 0) is 9.59 Å². The second kappa shape index (κ2) is 11.4. The average Bonchev–Trinajstić information content (AvgIpc) is 3.49. The number of ether oxygens (including phenoxy) is 3. The molecule has 1 aliphatic rings. The Morgan fingerprint density at radius 1 is 1.02 bits per heavy atom. The summed E-state index contributed by atoms with van der Waals surface area (Å²) < 4.78 is 31.2. The lowest BCUT2D eigenvalue weighted by Gasteiger charge is -2.24. The highest BCUT2D eigenvalue weighted by atomic mass is 32.1. The minimum absolute atomic E-state index is 0.108. The third-order valence-electron chi connectivity index (χ3n) is 6.39. The molecule has 2 heterocycles. The van der Waals surface area contributed by atoms with Gasteiger partial charge in [-0.2, -0.15) is 0 Å². The van der Waals surface area contributed by atoms with Crippen LogP contribution in [0.2, 0.25) is 0 Å². The molecule has 0 bridgehead atoms. The number of aliphatic hydroxyl groups excluding tert-OH is 1. The van der Waals surface area contributed by atoms with Crippen molar-refractivity contribution in [2.24, 2.45) is 0 Å². The lowest BCUT2D eigenvalue weighted by molar-refractivity contribution is -0.132. The van der Waals surface area contributed by atoms with Crippen LogP contribution in [0.15, 0.2) is 66.2 Å². The monoisotopic (exact) mass is 562 g/mol. The first-order valence-corrected chi connectivity index (χ1v) is 13.6. The smallest absolute Gasteiger partial charge is 0.301 e. The molecule has 0 spiro atoms. The Labute approximate surface area is 234 Å². The van der Waals surface area contributed by atoms with Crippen molar-refractivity contribution in [3.8, 4) is 17.2 Å². The maximum absolute atomic E-state index is 13.9. The van der Waals surface area contributed by atoms with Gasteiger partial charge in [0.15, 0.2) is 16.6 Å². The Morgan fingerprint density at radius 3 is 2.50 bits per heavy atom. The number of benzene rings is 3. The zero-order chi connectivity index (χ0) is 28.4. The molecule has 206 valence electrons. The number of Topliss-reactive ketones (excluding diaryl/α,β-unsaturated/α-hetero) is 1. The summed E-state index contributed by atoms with van der Waals surface area (Å²) in [4.78, 5) is 32.8. The van der Waals surface area contributed by atoms with E-state index in [9.17, 15) is 19.1 Å². The van der Waals surface area contributed by atoms with Crippen LogP contribution >= 0.6 is 11.3 Å². The van der Waals surface area contributed by atoms with Gasteiger partial charge in [0.25, 0.3) is 5.78 Å². The zero-order valence-electron chi connectivity index (χ0n) is 22.1. The summed E-state index contributed by atoms with van der Waals surface area (Å²) in [5, 5.41) is 11.6. The van der Waals surface area contributed by atoms with Crippen molar-refractivity contribution >= 4 is 44.1 Å². The summed E-state index contributed by atoms with van der Waals surface area (Å²) in [6, 6.07) is 14.8. The molecule has 40 heavy (non-hydrogen) atoms. The molecule has 3 aromatic carbocycles. The summed E-state index contributed by atoms with van der Waals surface area (Å²) in [7, 11) is 1.49. The SMILES string of the molecule is CCCOc1ccc(/C(O)=C2\C(=O)C(=O)N(c3nc4ccc(F)cc4s3)C2c2ccc(OCC)c(OC)c2)cc1. The first-order valence-electron chi connectivity index (χ1n) is 12.8. The van der Waals surface area contributed by atoms with E-state index in [1.165, 1.54) is 30.2 Å². The van der Waals surface area contributed by atoms with Gasteiger partial charge in [0, 0.05) is 5.56 Å². The second-order valence-corrected chi connectivity index (χ2v) is 10.0. The van der Waals surface area contributed by atoms with Crippen molar-refractivity contribution in [3.05, 3.63) is 83.2 Å². The van der Waals surface area contributed by atoms with Gasteiger partial charge in [-0.15, -0.1) is 0 Å². The van der Waals surface area contributed by atoms with Crippen LogP contribution in [0.4, 0.5) is 9.52 Å². The van der Waals surface area contributed by atoms with Gasteiger partial charge in [-0.1, -0.05) is 24.3 Å². The van der Waals surface area contributed by atoms with Crippen molar-refractivity contribution in [2.75, 3.05) is 25.2 Å². The normalized spacial score (nSPS) is 16.5. The van der Waals surface area contributed by atoms with Crippen molar-refractivity contribution < 1.29 is 33.3 Å². The number of rotatable bonds is 9. The maximum atomic E-state index is 13.9. The summed E-state index contributed by atoms with van der Waals surface area (Å²) in [6.07, 6.45) is 0.842. The lowest BCUT2D eigenvalue weighted by atomic mass is 9.95. The zero-order valence-corrected chi connectivity index (χ0v) is 23.0. The third kappa shape index (κ3) is 4.98. The van der Waals surface area contributed by atoms with Crippen molar-refractivity contribution in [1.82, 2.24) is 4.98 Å². The molecule has 1 unspecified atom stereocenters. The van der Waals surface area contributed by atoms with Gasteiger partial charge in [0.1, 0.15) is 17.3 Å². The molecule has 1 aliphatic heterocycles. The van der Waals surface area contributed by atoms with E-state index >= 15 is 0 Å². The van der Waals surface area contributed by atoms with E-state index in [0.717, 1.165) is 17.8 Å². The Hall–Kier alpha value is -4.44. The van der Waals surface area contributed by atoms with Gasteiger partial charge in [-0.05, 0) is 73.5 Å². The van der Waals surface area contributed by atoms with E-state index in [1.54, 1.807) is 42.5 Å². The number of thiazole rings is 1. The minimum Gasteiger partial charge on any atom is -0.507 e. The average molecular weight is 563 g/mol. The number of nitrogens with zero attached hydrogens (tertiary/aromatic N) is 2. The van der Waals surface area contributed by atoms with Gasteiger partial charge in [-0.25, -0.2) is 9.37 Å². The molecule has 0 aliphatic carbocycles. The quantitative estimate of drug-likeness (QED) is 0.146. The van der Waals surface area contributed by atoms with E-state index in [0.29, 0.717) is 51.8 Å². The van der Waals surface area contributed by atoms with Gasteiger partial charge < -0.3 is 19.3 Å². The molecule has 8 nitrogen and oxygen atoms in total. The van der Waals surface area contributed by atoms with E-state index < -0.39 is 23.5 Å². The maximum Gasteiger partial charge on any atom is 0.301 e. The number of amides is 1. The highest BCUT2D eigenvalue weighted by molar-refractivity contribution is 7.22. The molecular weight excluding hydrogens is 535 g/mol. The lowest BCUT2D eigenvalue weighted by Crippen LogP contribution is -2.29. The predicted molar refractivity (Wildman–Crippen MR) is 151 cm³/mol. The first kappa shape index (κ1) is 27.1. The molecule has 1 saturated heterocycles. The number of aliphatic hydroxyl groups is 1. The molecule has 1 N–H and O–H groups in total. The fourth-order valence-electron chi connectivity index (χ4n) is 4.55. The number of ketones is 1. The Balaban J connectivity index is 1.67. The number of hydrogen-bond acceptors (Lipinski definition) is 8. The van der Waals surface area contributed by atoms with Gasteiger partial charge in [0.05, 0.1) is 42.2 Å². The van der Waals surface area contributed by atoms with Crippen molar-refractivity contribution in [1.29, 1.82) is 0 Å². The highest BCUT2D eigenvalue weighted by Gasteiger charge is 2.48. The standard InChI is InChI=1S/C30H27FN2O6S/c1-4-14-39-20-10-6-17(7-11-20)27(34)25-26(18-8-13-22(38-5-2)23(15-18)37-3)33(29(36)28(25)35)30-32-21-12-9-19(31)16-24(21)40-30/h6-13,15-16,26,34H,4-5,14H2,1-3H3/b27-25+. The number of halogens is 1. The molecule has 10 heteroatoms. The van der Waals surface area contributed by atoms with E-state index in [-0.39, 0.29) is 16.5 Å². The number of methoxy groups -OCH3 is 1. The molecule has 0 radical (unpaired) electrons. The second-order valence-electron chi connectivity index (χ2n) is 8.99. The highest BCUT2D eigenvalue weighted by Crippen LogP contribution is 2.46. The molecule has 1 aromatic heterocycles. The first-order chi connectivity index (χ1) is 19.4. The van der Waals surface area contributed by atoms with Crippen molar-refractivity contribution in [3.63, 3.8) is 0 Å². The number of aromatic nitrogens is 1. The van der Waals surface area contributed by atoms with Crippen LogP contribution in [0.3, 0.4) is 0 Å². The van der Waals surface area contributed by atoms with Crippen LogP contribution in [-0.4, -0.2) is 42.1 Å². The number of anilines is 1. The number of fused-ring (bicyclic) bond motifs is 1. The fourth-order valence-corrected chi connectivity index (χ4v) is 5.57. The summed E-state index contributed by atoms with van der Waals surface area (Å²) >= 11 is 1.08. The Morgan fingerprint density at radius 2 is 1.80 bits per heavy atom. The van der Waals surface area contributed by atoms with E-state index in [4.69, 9.17) is 14.2 Å². The molecule has 1 atom stereocenters. The molecule has 0 saturated carbocycles. The predicted octanol–water partition coefficient (Wildman–Crippen LogP) is 6.26. The van der Waals surface area contributed by atoms with Gasteiger partial charge in [0.2, 0.25) is 0 Å². The summed E-state index contributed by atoms with van der Waals surface area (Å²) in [5.41, 5.74) is 1.21. The minimum atomic E-state index is -1.04. The topological polar surface area (TPSA) is 98.2 Å². The number of carbonyl (C=O) groups excluding carboxylic acids is 2. The number of hydrogen-bond donors (Lipinski definition) is 1. The van der Waals surface area contributed by atoms with Gasteiger partial charge >= 0.3 is 5.91 Å². The molecule has 1 amide bonds. The summed E-state index contributed by atoms with van der Waals surface area (Å²) in [5.74, 6) is -1.00. The molecule has 1 fully saturated rings. The largest absolute Gasteiger partial charge is 0.507 e. The molecule has 5 rings (SSSR count). The number of carbonyl (C=O) groups is 2. The van der Waals surface area contributed by atoms with Crippen LogP contribution in [0.25, 0.3) is 16.0 Å². The van der Waals surface area contributed by atoms with E-state index in [2.05, 4.69) is 4.98 Å². The van der Waals surface area contributed by atoms with Crippen LogP contribution in [0.1, 0.15) is 37.4 Å². The third-order valence-corrected chi connectivity index (χ3v) is 7.41. The Bertz CT molecular complexity index is 1610. The Kier molecular flexibility index (Phi) is 7.70. The summed E-state index contributed by atoms with van der Waals surface area (Å²) in [6.45, 7) is 4.80. The van der Waals surface area contributed by atoms with E-state index in [1.807, 2.05) is 13.8 Å². The van der Waals surface area contributed by atoms with Crippen LogP contribution < -0.4 is 19.1 Å². The van der Waals surface area contributed by atoms with Gasteiger partial charge in [-0.3, -0.25) is 14.5 Å². The van der Waals surface area contributed by atoms with Crippen LogP contribution in [0.5, 0.6) is 17.2 Å². The van der Waals surface area contributed by atoms with Crippen LogP contribution in [0, 0.1) is 5.82 Å². The fraction of sp³-hybridized carbons (Fsp3) is 0.233. The van der Waals surface area contributed by atoms with Crippen molar-refractivity contribution in [2.45, 2.75) is 26.3 Å². The molecule has 4 aromatic rings. The molecular formula is C30H27FN2O6S.